The van der Waals surface area contributed by atoms with Crippen LogP contribution in [0.5, 0.6) is 5.75 Å². The quantitative estimate of drug-likeness (QED) is 0.225. The van der Waals surface area contributed by atoms with Crippen LogP contribution in [0.15, 0.2) is 78.9 Å². The van der Waals surface area contributed by atoms with E-state index < -0.39 is 0 Å². The Kier molecular flexibility index (Phi) is 10.6. The van der Waals surface area contributed by atoms with E-state index in [1.165, 1.54) is 16.7 Å². The number of piperazine rings is 1. The molecule has 0 amide bonds. The molecule has 0 spiro atoms. The Hall–Kier alpha value is -2.45. The van der Waals surface area contributed by atoms with Crippen LogP contribution >= 0.6 is 11.6 Å². The Bertz CT molecular complexity index is 1010. The molecule has 4 rings (SSSR count). The van der Waals surface area contributed by atoms with Gasteiger partial charge in [0, 0.05) is 44.3 Å². The second-order valence-corrected chi connectivity index (χ2v) is 9.67. The molecule has 1 fully saturated rings. The average Bonchev–Trinajstić information content (AvgIpc) is 2.92. The fourth-order valence-corrected chi connectivity index (χ4v) is 4.93. The van der Waals surface area contributed by atoms with Crippen LogP contribution in [0.1, 0.15) is 35.6 Å². The fraction of sp³-hybridized carbons (Fsp3) is 0.379. The predicted octanol–water partition coefficient (Wildman–Crippen LogP) is 4.93. The van der Waals surface area contributed by atoms with Gasteiger partial charge < -0.3 is 14.8 Å². The van der Waals surface area contributed by atoms with E-state index in [1.807, 2.05) is 29.9 Å². The second kappa shape index (κ2) is 14.3. The van der Waals surface area contributed by atoms with E-state index in [-0.39, 0.29) is 6.04 Å². The number of halogens is 1. The lowest BCUT2D eigenvalue weighted by Gasteiger charge is -2.39. The Morgan fingerprint density at radius 3 is 2.22 bits per heavy atom. The summed E-state index contributed by atoms with van der Waals surface area (Å²) in [7, 11) is 0. The number of hydrogen-bond donors (Lipinski definition) is 3. The summed E-state index contributed by atoms with van der Waals surface area (Å²) >= 11 is 6.16. The standard InChI is InChI=1S/C29H37ClN4O2/c30-27-13-11-26(12-14-27)29(25-7-2-1-3-8-25)34-21-19-33(20-22-34)18-5-23-36-28-15-9-24(10-16-28)6-4-17-31-32-35/h1-3,7-16,29,31-32,35H,4-6,17-23H2/t29-/m1/s1. The van der Waals surface area contributed by atoms with E-state index >= 15 is 0 Å². The van der Waals surface area contributed by atoms with Crippen molar-refractivity contribution in [3.63, 3.8) is 0 Å². The minimum atomic E-state index is 0.250. The van der Waals surface area contributed by atoms with E-state index in [1.54, 1.807) is 0 Å². The lowest BCUT2D eigenvalue weighted by molar-refractivity contribution is 0.105. The predicted molar refractivity (Wildman–Crippen MR) is 146 cm³/mol. The highest BCUT2D eigenvalue weighted by Gasteiger charge is 2.26. The molecule has 1 heterocycles. The summed E-state index contributed by atoms with van der Waals surface area (Å²) < 4.78 is 5.98. The largest absolute Gasteiger partial charge is 0.494 e. The summed E-state index contributed by atoms with van der Waals surface area (Å²) in [4.78, 5) is 5.13. The molecule has 0 aliphatic carbocycles. The molecule has 3 N–H and O–H groups in total. The molecular weight excluding hydrogens is 472 g/mol. The molecule has 1 aliphatic heterocycles. The lowest BCUT2D eigenvalue weighted by atomic mass is 9.96. The molecule has 1 aliphatic rings. The molecular formula is C29H37ClN4O2. The third-order valence-electron chi connectivity index (χ3n) is 6.73. The SMILES string of the molecule is ONNCCCc1ccc(OCCCN2CCN([C@H](c3ccccc3)c3ccc(Cl)cc3)CC2)cc1. The van der Waals surface area contributed by atoms with E-state index in [4.69, 9.17) is 21.5 Å². The van der Waals surface area contributed by atoms with Gasteiger partial charge in [-0.15, -0.1) is 5.59 Å². The van der Waals surface area contributed by atoms with Crippen LogP contribution in [-0.2, 0) is 6.42 Å². The van der Waals surface area contributed by atoms with Crippen LogP contribution < -0.4 is 15.8 Å². The smallest absolute Gasteiger partial charge is 0.119 e. The summed E-state index contributed by atoms with van der Waals surface area (Å²) in [6.45, 7) is 6.69. The van der Waals surface area contributed by atoms with Crippen LogP contribution in [0, 0.1) is 0 Å². The molecule has 36 heavy (non-hydrogen) atoms. The van der Waals surface area contributed by atoms with Gasteiger partial charge in [-0.1, -0.05) is 66.2 Å². The van der Waals surface area contributed by atoms with Gasteiger partial charge in [-0.3, -0.25) is 4.90 Å². The Morgan fingerprint density at radius 1 is 0.833 bits per heavy atom. The number of rotatable bonds is 13. The third-order valence-corrected chi connectivity index (χ3v) is 6.98. The third kappa shape index (κ3) is 8.03. The molecule has 192 valence electrons. The molecule has 0 bridgehead atoms. The van der Waals surface area contributed by atoms with E-state index in [0.29, 0.717) is 0 Å². The van der Waals surface area contributed by atoms with Crippen LogP contribution in [0.2, 0.25) is 5.02 Å². The van der Waals surface area contributed by atoms with Gasteiger partial charge in [-0.2, -0.15) is 0 Å². The van der Waals surface area contributed by atoms with Gasteiger partial charge in [0.25, 0.3) is 0 Å². The highest BCUT2D eigenvalue weighted by molar-refractivity contribution is 6.30. The molecule has 0 aromatic heterocycles. The van der Waals surface area contributed by atoms with Crippen molar-refractivity contribution in [2.24, 2.45) is 0 Å². The van der Waals surface area contributed by atoms with E-state index in [9.17, 15) is 0 Å². The monoisotopic (exact) mass is 508 g/mol. The first kappa shape index (κ1) is 26.6. The molecule has 0 unspecified atom stereocenters. The molecule has 7 heteroatoms. The van der Waals surface area contributed by atoms with Gasteiger partial charge in [0.2, 0.25) is 0 Å². The van der Waals surface area contributed by atoms with Crippen LogP contribution in [0.25, 0.3) is 0 Å². The molecule has 3 aromatic carbocycles. The zero-order chi connectivity index (χ0) is 25.0. The maximum Gasteiger partial charge on any atom is 0.119 e. The summed E-state index contributed by atoms with van der Waals surface area (Å²) in [5, 5.41) is 9.30. The van der Waals surface area contributed by atoms with E-state index in [0.717, 1.165) is 75.9 Å². The van der Waals surface area contributed by atoms with Gasteiger partial charge in [0.1, 0.15) is 5.75 Å². The first-order chi connectivity index (χ1) is 17.7. The topological polar surface area (TPSA) is 60.0 Å². The molecule has 0 saturated carbocycles. The number of hydrogen-bond acceptors (Lipinski definition) is 6. The van der Waals surface area contributed by atoms with Crippen molar-refractivity contribution < 1.29 is 9.94 Å². The first-order valence-electron chi connectivity index (χ1n) is 12.8. The van der Waals surface area contributed by atoms with Crippen molar-refractivity contribution in [2.75, 3.05) is 45.9 Å². The second-order valence-electron chi connectivity index (χ2n) is 9.23. The number of nitrogens with zero attached hydrogens (tertiary/aromatic N) is 2. The van der Waals surface area contributed by atoms with Crippen LogP contribution in [-0.4, -0.2) is 60.9 Å². The molecule has 0 radical (unpaired) electrons. The van der Waals surface area contributed by atoms with Gasteiger partial charge in [0.15, 0.2) is 0 Å². The zero-order valence-electron chi connectivity index (χ0n) is 20.8. The van der Waals surface area contributed by atoms with Gasteiger partial charge in [-0.25, -0.2) is 5.43 Å². The Labute approximate surface area is 219 Å². The number of aryl methyl sites for hydroxylation is 1. The average molecular weight is 509 g/mol. The lowest BCUT2D eigenvalue weighted by Crippen LogP contribution is -2.48. The van der Waals surface area contributed by atoms with Crippen molar-refractivity contribution in [3.8, 4) is 5.75 Å². The van der Waals surface area contributed by atoms with Crippen molar-refractivity contribution in [3.05, 3.63) is 101 Å². The summed E-state index contributed by atoms with van der Waals surface area (Å²) in [6.07, 6.45) is 2.93. The van der Waals surface area contributed by atoms with Crippen molar-refractivity contribution in [1.82, 2.24) is 20.8 Å². The van der Waals surface area contributed by atoms with Crippen LogP contribution in [0.3, 0.4) is 0 Å². The number of hydrazine groups is 1. The van der Waals surface area contributed by atoms with Crippen molar-refractivity contribution in [1.29, 1.82) is 0 Å². The number of benzene rings is 3. The van der Waals surface area contributed by atoms with Crippen LogP contribution in [0.4, 0.5) is 0 Å². The molecule has 3 aromatic rings. The first-order valence-corrected chi connectivity index (χ1v) is 13.2. The molecule has 1 atom stereocenters. The highest BCUT2D eigenvalue weighted by Crippen LogP contribution is 2.30. The minimum Gasteiger partial charge on any atom is -0.494 e. The summed E-state index contributed by atoms with van der Waals surface area (Å²) in [5.41, 5.74) is 8.53. The summed E-state index contributed by atoms with van der Waals surface area (Å²) in [6, 6.07) is 27.6. The maximum absolute atomic E-state index is 8.53. The van der Waals surface area contributed by atoms with Crippen molar-refractivity contribution >= 4 is 11.6 Å². The van der Waals surface area contributed by atoms with Crippen molar-refractivity contribution in [2.45, 2.75) is 25.3 Å². The summed E-state index contributed by atoms with van der Waals surface area (Å²) in [5.74, 6) is 0.924. The number of ether oxygens (including phenoxy) is 1. The fourth-order valence-electron chi connectivity index (χ4n) is 4.81. The maximum atomic E-state index is 8.53. The Balaban J connectivity index is 1.20. The van der Waals surface area contributed by atoms with E-state index in [2.05, 4.69) is 69.8 Å². The molecule has 6 nitrogen and oxygen atoms in total. The highest BCUT2D eigenvalue weighted by atomic mass is 35.5. The Morgan fingerprint density at radius 2 is 1.53 bits per heavy atom. The molecule has 1 saturated heterocycles. The number of nitrogens with one attached hydrogen (secondary N) is 2. The van der Waals surface area contributed by atoms with Gasteiger partial charge in [0.05, 0.1) is 12.6 Å². The van der Waals surface area contributed by atoms with Gasteiger partial charge >= 0.3 is 0 Å². The minimum absolute atomic E-state index is 0.250. The normalized spacial score (nSPS) is 15.6. The zero-order valence-corrected chi connectivity index (χ0v) is 21.5. The van der Waals surface area contributed by atoms with Gasteiger partial charge in [-0.05, 0) is 60.2 Å².